The van der Waals surface area contributed by atoms with Gasteiger partial charge in [-0.1, -0.05) is 42.4 Å². The number of hydrogen-bond acceptors (Lipinski definition) is 3. The Labute approximate surface area is 164 Å². The molecule has 1 saturated heterocycles. The maximum absolute atomic E-state index is 12.7. The van der Waals surface area contributed by atoms with E-state index in [-0.39, 0.29) is 11.8 Å². The molecule has 0 bridgehead atoms. The minimum Gasteiger partial charge on any atom is -0.367 e. The molecule has 0 unspecified atom stereocenters. The second-order valence-electron chi connectivity index (χ2n) is 6.35. The molecular formula is C21H22ClN3O2. The lowest BCUT2D eigenvalue weighted by molar-refractivity contribution is -0.116. The van der Waals surface area contributed by atoms with Gasteiger partial charge in [0.05, 0.1) is 10.7 Å². The minimum absolute atomic E-state index is 0.0236. The Morgan fingerprint density at radius 1 is 1.04 bits per heavy atom. The van der Waals surface area contributed by atoms with Crippen LogP contribution < -0.4 is 10.2 Å². The van der Waals surface area contributed by atoms with E-state index in [0.29, 0.717) is 25.2 Å². The lowest BCUT2D eigenvalue weighted by atomic mass is 10.1. The number of anilines is 1. The van der Waals surface area contributed by atoms with Crippen molar-refractivity contribution in [2.24, 2.45) is 0 Å². The summed E-state index contributed by atoms with van der Waals surface area (Å²) in [7, 11) is 0. The molecule has 5 nitrogen and oxygen atoms in total. The maximum Gasteiger partial charge on any atom is 0.253 e. The van der Waals surface area contributed by atoms with Crippen LogP contribution in [0.15, 0.2) is 61.2 Å². The van der Waals surface area contributed by atoms with Crippen LogP contribution in [0.2, 0.25) is 5.02 Å². The van der Waals surface area contributed by atoms with Crippen LogP contribution in [0.1, 0.15) is 15.9 Å². The zero-order valence-corrected chi connectivity index (χ0v) is 15.8. The van der Waals surface area contributed by atoms with Gasteiger partial charge in [0, 0.05) is 38.3 Å². The molecule has 0 spiro atoms. The largest absolute Gasteiger partial charge is 0.367 e. The van der Waals surface area contributed by atoms with E-state index >= 15 is 0 Å². The predicted molar refractivity (Wildman–Crippen MR) is 108 cm³/mol. The van der Waals surface area contributed by atoms with Gasteiger partial charge in [-0.05, 0) is 35.9 Å². The molecule has 0 aliphatic carbocycles. The van der Waals surface area contributed by atoms with Crippen LogP contribution >= 0.6 is 11.6 Å². The van der Waals surface area contributed by atoms with Crippen LogP contribution in [-0.2, 0) is 11.3 Å². The fraction of sp³-hybridized carbons (Fsp3) is 0.238. The standard InChI is InChI=1S/C21H22ClN3O2/c1-2-20(26)23-15-16-7-9-17(10-8-16)21(27)25-13-11-24(12-14-25)19-6-4-3-5-18(19)22/h2-10H,1,11-15H2,(H,23,26). The van der Waals surface area contributed by atoms with Crippen molar-refractivity contribution in [1.82, 2.24) is 10.2 Å². The summed E-state index contributed by atoms with van der Waals surface area (Å²) in [5, 5.41) is 3.45. The second-order valence-corrected chi connectivity index (χ2v) is 6.76. The molecule has 2 aromatic rings. The van der Waals surface area contributed by atoms with Gasteiger partial charge in [0.2, 0.25) is 5.91 Å². The number of rotatable bonds is 5. The van der Waals surface area contributed by atoms with E-state index in [2.05, 4.69) is 16.8 Å². The molecule has 140 valence electrons. The number of nitrogens with one attached hydrogen (secondary N) is 1. The van der Waals surface area contributed by atoms with Crippen molar-refractivity contribution in [2.45, 2.75) is 6.54 Å². The summed E-state index contributed by atoms with van der Waals surface area (Å²) in [5.41, 5.74) is 2.60. The number of benzene rings is 2. The highest BCUT2D eigenvalue weighted by atomic mass is 35.5. The smallest absolute Gasteiger partial charge is 0.253 e. The third-order valence-corrected chi connectivity index (χ3v) is 4.93. The SMILES string of the molecule is C=CC(=O)NCc1ccc(C(=O)N2CCN(c3ccccc3Cl)CC2)cc1. The Morgan fingerprint density at radius 3 is 2.33 bits per heavy atom. The van der Waals surface area contributed by atoms with Gasteiger partial charge >= 0.3 is 0 Å². The lowest BCUT2D eigenvalue weighted by Crippen LogP contribution is -2.48. The molecule has 1 aliphatic rings. The first-order valence-corrected chi connectivity index (χ1v) is 9.24. The van der Waals surface area contributed by atoms with Crippen LogP contribution in [0.3, 0.4) is 0 Å². The van der Waals surface area contributed by atoms with E-state index < -0.39 is 0 Å². The molecule has 1 N–H and O–H groups in total. The molecule has 0 aromatic heterocycles. The Bertz CT molecular complexity index is 828. The van der Waals surface area contributed by atoms with Gasteiger partial charge in [-0.2, -0.15) is 0 Å². The first kappa shape index (κ1) is 19.0. The van der Waals surface area contributed by atoms with Gasteiger partial charge in [0.1, 0.15) is 0 Å². The fourth-order valence-electron chi connectivity index (χ4n) is 3.07. The average molecular weight is 384 g/mol. The molecule has 6 heteroatoms. The Hall–Kier alpha value is -2.79. The molecule has 0 radical (unpaired) electrons. The summed E-state index contributed by atoms with van der Waals surface area (Å²) >= 11 is 6.27. The first-order chi connectivity index (χ1) is 13.1. The summed E-state index contributed by atoms with van der Waals surface area (Å²) in [6.45, 7) is 6.64. The number of carbonyl (C=O) groups excluding carboxylic acids is 2. The average Bonchev–Trinajstić information content (AvgIpc) is 2.72. The number of amides is 2. The van der Waals surface area contributed by atoms with Crippen molar-refractivity contribution in [3.63, 3.8) is 0 Å². The summed E-state index contributed by atoms with van der Waals surface area (Å²) in [6.07, 6.45) is 1.24. The number of piperazine rings is 1. The van der Waals surface area contributed by atoms with Crippen molar-refractivity contribution in [2.75, 3.05) is 31.1 Å². The van der Waals surface area contributed by atoms with Gasteiger partial charge in [0.15, 0.2) is 0 Å². The van der Waals surface area contributed by atoms with E-state index in [1.54, 1.807) is 12.1 Å². The summed E-state index contributed by atoms with van der Waals surface area (Å²) in [6, 6.07) is 15.1. The summed E-state index contributed by atoms with van der Waals surface area (Å²) in [4.78, 5) is 28.0. The topological polar surface area (TPSA) is 52.7 Å². The second kappa shape index (κ2) is 8.73. The van der Waals surface area contributed by atoms with Crippen molar-refractivity contribution >= 4 is 29.1 Å². The molecule has 1 aliphatic heterocycles. The van der Waals surface area contributed by atoms with E-state index in [4.69, 9.17) is 11.6 Å². The van der Waals surface area contributed by atoms with Crippen molar-refractivity contribution in [3.05, 3.63) is 77.3 Å². The summed E-state index contributed by atoms with van der Waals surface area (Å²) in [5.74, 6) is -0.193. The van der Waals surface area contributed by atoms with Gasteiger partial charge in [-0.25, -0.2) is 0 Å². The zero-order valence-electron chi connectivity index (χ0n) is 15.0. The van der Waals surface area contributed by atoms with Crippen molar-refractivity contribution in [1.29, 1.82) is 0 Å². The van der Waals surface area contributed by atoms with Gasteiger partial charge in [-0.15, -0.1) is 0 Å². The molecule has 3 rings (SSSR count). The van der Waals surface area contributed by atoms with Crippen LogP contribution in [0, 0.1) is 0 Å². The number of para-hydroxylation sites is 1. The van der Waals surface area contributed by atoms with Gasteiger partial charge in [0.25, 0.3) is 5.91 Å². The molecular weight excluding hydrogens is 362 g/mol. The number of halogens is 1. The molecule has 0 atom stereocenters. The molecule has 2 amide bonds. The number of carbonyl (C=O) groups is 2. The van der Waals surface area contributed by atoms with Gasteiger partial charge in [-0.3, -0.25) is 9.59 Å². The zero-order chi connectivity index (χ0) is 19.2. The van der Waals surface area contributed by atoms with Crippen LogP contribution in [-0.4, -0.2) is 42.9 Å². The number of nitrogens with zero attached hydrogens (tertiary/aromatic N) is 2. The van der Waals surface area contributed by atoms with E-state index in [1.165, 1.54) is 6.08 Å². The highest BCUT2D eigenvalue weighted by Crippen LogP contribution is 2.26. The number of hydrogen-bond donors (Lipinski definition) is 1. The minimum atomic E-state index is -0.216. The van der Waals surface area contributed by atoms with Crippen molar-refractivity contribution < 1.29 is 9.59 Å². The van der Waals surface area contributed by atoms with E-state index in [9.17, 15) is 9.59 Å². The predicted octanol–water partition coefficient (Wildman–Crippen LogP) is 3.10. The Morgan fingerprint density at radius 2 is 1.70 bits per heavy atom. The fourth-order valence-corrected chi connectivity index (χ4v) is 3.32. The van der Waals surface area contributed by atoms with E-state index in [0.717, 1.165) is 29.4 Å². The first-order valence-electron chi connectivity index (χ1n) is 8.86. The molecule has 27 heavy (non-hydrogen) atoms. The molecule has 1 heterocycles. The highest BCUT2D eigenvalue weighted by molar-refractivity contribution is 6.33. The normalized spacial score (nSPS) is 14.0. The maximum atomic E-state index is 12.7. The van der Waals surface area contributed by atoms with Crippen LogP contribution in [0.4, 0.5) is 5.69 Å². The van der Waals surface area contributed by atoms with Crippen LogP contribution in [0.5, 0.6) is 0 Å². The molecule has 2 aromatic carbocycles. The molecule has 1 fully saturated rings. The lowest BCUT2D eigenvalue weighted by Gasteiger charge is -2.36. The Balaban J connectivity index is 1.57. The quantitative estimate of drug-likeness (QED) is 0.807. The Kier molecular flexibility index (Phi) is 6.14. The van der Waals surface area contributed by atoms with E-state index in [1.807, 2.05) is 41.3 Å². The third kappa shape index (κ3) is 4.68. The third-order valence-electron chi connectivity index (χ3n) is 4.61. The van der Waals surface area contributed by atoms with Gasteiger partial charge < -0.3 is 15.1 Å². The van der Waals surface area contributed by atoms with Crippen LogP contribution in [0.25, 0.3) is 0 Å². The molecule has 0 saturated carbocycles. The summed E-state index contributed by atoms with van der Waals surface area (Å²) < 4.78 is 0. The van der Waals surface area contributed by atoms with Crippen molar-refractivity contribution in [3.8, 4) is 0 Å². The highest BCUT2D eigenvalue weighted by Gasteiger charge is 2.23. The monoisotopic (exact) mass is 383 g/mol.